The number of anilines is 1. The zero-order valence-electron chi connectivity index (χ0n) is 28.4. The molecule has 3 aliphatic rings. The van der Waals surface area contributed by atoms with Gasteiger partial charge in [0.1, 0.15) is 11.6 Å². The number of hydrogen-bond donors (Lipinski definition) is 1. The minimum atomic E-state index is -1.26. The molecule has 6 rings (SSSR count). The highest BCUT2D eigenvalue weighted by Crippen LogP contribution is 2.66. The van der Waals surface area contributed by atoms with Gasteiger partial charge in [-0.2, -0.15) is 0 Å². The van der Waals surface area contributed by atoms with Gasteiger partial charge in [0.25, 0.3) is 5.91 Å². The Kier molecular flexibility index (Phi) is 9.09. The van der Waals surface area contributed by atoms with E-state index in [0.29, 0.717) is 25.2 Å². The molecule has 7 atom stereocenters. The SMILES string of the molecule is C=CCN(Cc1ccccc1)C(=O)[C@H]1[C@H]2C(=O)N([C@@H](CO)C(C)C)C(C(=O)N(CC=C)c3ccc4ccccc4c3)C23CC(C)[C@]1(C)O3. The van der Waals surface area contributed by atoms with Crippen LogP contribution in [0.25, 0.3) is 10.8 Å². The number of nitrogens with zero attached hydrogens (tertiary/aromatic N) is 3. The van der Waals surface area contributed by atoms with E-state index in [1.165, 1.54) is 0 Å². The fourth-order valence-electron chi connectivity index (χ4n) is 8.64. The van der Waals surface area contributed by atoms with Gasteiger partial charge in [-0.25, -0.2) is 0 Å². The Labute approximate surface area is 283 Å². The fraction of sp³-hybridized carbons (Fsp3) is 0.425. The monoisotopic (exact) mass is 649 g/mol. The third kappa shape index (κ3) is 5.26. The van der Waals surface area contributed by atoms with Crippen LogP contribution in [0.5, 0.6) is 0 Å². The summed E-state index contributed by atoms with van der Waals surface area (Å²) in [5, 5.41) is 12.7. The summed E-state index contributed by atoms with van der Waals surface area (Å²) in [6, 6.07) is 21.9. The predicted octanol–water partition coefficient (Wildman–Crippen LogP) is 5.60. The van der Waals surface area contributed by atoms with Crippen LogP contribution < -0.4 is 4.90 Å². The van der Waals surface area contributed by atoms with E-state index < -0.39 is 35.1 Å². The van der Waals surface area contributed by atoms with E-state index in [0.717, 1.165) is 16.3 Å². The lowest BCUT2D eigenvalue weighted by atomic mass is 9.62. The van der Waals surface area contributed by atoms with Crippen molar-refractivity contribution in [2.24, 2.45) is 23.7 Å². The smallest absolute Gasteiger partial charge is 0.253 e. The van der Waals surface area contributed by atoms with Crippen molar-refractivity contribution in [1.82, 2.24) is 9.80 Å². The third-order valence-corrected chi connectivity index (χ3v) is 11.1. The fourth-order valence-corrected chi connectivity index (χ4v) is 8.64. The van der Waals surface area contributed by atoms with Crippen molar-refractivity contribution in [3.05, 3.63) is 104 Å². The molecule has 3 unspecified atom stereocenters. The molecule has 8 heteroatoms. The molecule has 8 nitrogen and oxygen atoms in total. The maximum atomic E-state index is 15.2. The molecule has 0 saturated carbocycles. The van der Waals surface area contributed by atoms with Crippen molar-refractivity contribution in [1.29, 1.82) is 0 Å². The molecular weight excluding hydrogens is 602 g/mol. The van der Waals surface area contributed by atoms with Crippen LogP contribution in [0.4, 0.5) is 5.69 Å². The average Bonchev–Trinajstić information content (AvgIpc) is 3.59. The van der Waals surface area contributed by atoms with Gasteiger partial charge in [0, 0.05) is 25.3 Å². The minimum Gasteiger partial charge on any atom is -0.394 e. The van der Waals surface area contributed by atoms with Crippen LogP contribution in [0.15, 0.2) is 98.1 Å². The van der Waals surface area contributed by atoms with E-state index in [1.807, 2.05) is 100 Å². The van der Waals surface area contributed by atoms with Crippen molar-refractivity contribution < 1.29 is 24.2 Å². The van der Waals surface area contributed by atoms with Gasteiger partial charge in [-0.05, 0) is 53.6 Å². The molecule has 0 aliphatic carbocycles. The molecule has 3 aromatic rings. The number of carbonyl (C=O) groups excluding carboxylic acids is 3. The van der Waals surface area contributed by atoms with Crippen molar-refractivity contribution in [2.75, 3.05) is 24.6 Å². The predicted molar refractivity (Wildman–Crippen MR) is 188 cm³/mol. The quantitative estimate of drug-likeness (QED) is 0.258. The summed E-state index contributed by atoms with van der Waals surface area (Å²) in [6.45, 7) is 16.2. The summed E-state index contributed by atoms with van der Waals surface area (Å²) in [6.07, 6.45) is 3.81. The molecule has 3 fully saturated rings. The first-order chi connectivity index (χ1) is 23.0. The first kappa shape index (κ1) is 33.6. The Morgan fingerprint density at radius 3 is 2.31 bits per heavy atom. The average molecular weight is 650 g/mol. The Morgan fingerprint density at radius 1 is 1.00 bits per heavy atom. The summed E-state index contributed by atoms with van der Waals surface area (Å²) in [4.78, 5) is 49.9. The van der Waals surface area contributed by atoms with Crippen molar-refractivity contribution in [2.45, 2.75) is 63.9 Å². The molecule has 0 radical (unpaired) electrons. The van der Waals surface area contributed by atoms with E-state index >= 15 is 4.79 Å². The normalized spacial score (nSPS) is 28.0. The standard InChI is InChI=1S/C40H47N3O5/c1-7-20-41(24-28-14-10-9-11-15-28)36(45)33-34-37(46)43(32(25-44)26(3)4)35(40(34)23-27(5)39(33,6)48-40)38(47)42(21-8-2)31-19-18-29-16-12-13-17-30(29)22-31/h7-19,22,26-27,32-35,44H,1-2,20-21,23-25H2,3-6H3/t27?,32-,33+,34-,35?,39-,40?/m0/s1. The molecule has 1 N–H and O–H groups in total. The number of aliphatic hydroxyl groups is 1. The number of ether oxygens (including phenoxy) is 1. The zero-order chi connectivity index (χ0) is 34.4. The first-order valence-corrected chi connectivity index (χ1v) is 17.0. The highest BCUT2D eigenvalue weighted by atomic mass is 16.5. The Hall–Kier alpha value is -4.27. The molecule has 252 valence electrons. The number of likely N-dealkylation sites (tertiary alicyclic amines) is 1. The largest absolute Gasteiger partial charge is 0.394 e. The van der Waals surface area contributed by atoms with Crippen LogP contribution in [0, 0.1) is 23.7 Å². The van der Waals surface area contributed by atoms with Crippen molar-refractivity contribution in [3.63, 3.8) is 0 Å². The van der Waals surface area contributed by atoms with E-state index in [4.69, 9.17) is 4.74 Å². The zero-order valence-corrected chi connectivity index (χ0v) is 28.4. The molecule has 3 amide bonds. The second-order valence-corrected chi connectivity index (χ2v) is 14.2. The van der Waals surface area contributed by atoms with Gasteiger partial charge >= 0.3 is 0 Å². The summed E-state index contributed by atoms with van der Waals surface area (Å²) >= 11 is 0. The molecule has 3 saturated heterocycles. The Bertz CT molecular complexity index is 1720. The number of benzene rings is 3. The molecule has 3 heterocycles. The van der Waals surface area contributed by atoms with Gasteiger partial charge in [0.05, 0.1) is 30.1 Å². The lowest BCUT2D eigenvalue weighted by molar-refractivity contribution is -0.154. The van der Waals surface area contributed by atoms with Crippen molar-refractivity contribution in [3.8, 4) is 0 Å². The summed E-state index contributed by atoms with van der Waals surface area (Å²) in [5.41, 5.74) is -0.590. The molecular formula is C40H47N3O5. The highest BCUT2D eigenvalue weighted by Gasteiger charge is 2.80. The van der Waals surface area contributed by atoms with Gasteiger partial charge in [0.15, 0.2) is 0 Å². The summed E-state index contributed by atoms with van der Waals surface area (Å²) in [7, 11) is 0. The van der Waals surface area contributed by atoms with Crippen molar-refractivity contribution >= 4 is 34.2 Å². The van der Waals surface area contributed by atoms with E-state index in [1.54, 1.807) is 26.9 Å². The second kappa shape index (κ2) is 13.0. The van der Waals surface area contributed by atoms with Crippen LogP contribution in [-0.2, 0) is 25.7 Å². The maximum absolute atomic E-state index is 15.2. The summed E-state index contributed by atoms with van der Waals surface area (Å²) in [5.74, 6) is -2.80. The molecule has 3 aromatic carbocycles. The molecule has 48 heavy (non-hydrogen) atoms. The Morgan fingerprint density at radius 2 is 1.67 bits per heavy atom. The maximum Gasteiger partial charge on any atom is 0.253 e. The van der Waals surface area contributed by atoms with E-state index in [-0.39, 0.29) is 42.7 Å². The van der Waals surface area contributed by atoms with Gasteiger partial charge in [-0.15, -0.1) is 13.2 Å². The molecule has 2 bridgehead atoms. The lowest BCUT2D eigenvalue weighted by Gasteiger charge is -2.40. The van der Waals surface area contributed by atoms with Crippen LogP contribution in [-0.4, -0.2) is 75.6 Å². The van der Waals surface area contributed by atoms with Gasteiger partial charge < -0.3 is 24.5 Å². The number of carbonyl (C=O) groups is 3. The lowest BCUT2D eigenvalue weighted by Crippen LogP contribution is -2.60. The second-order valence-electron chi connectivity index (χ2n) is 14.2. The number of hydrogen-bond acceptors (Lipinski definition) is 5. The van der Waals surface area contributed by atoms with Crippen LogP contribution in [0.2, 0.25) is 0 Å². The van der Waals surface area contributed by atoms with Crippen LogP contribution in [0.3, 0.4) is 0 Å². The van der Waals surface area contributed by atoms with Gasteiger partial charge in [-0.3, -0.25) is 14.4 Å². The van der Waals surface area contributed by atoms with E-state index in [9.17, 15) is 14.7 Å². The topological polar surface area (TPSA) is 90.4 Å². The van der Waals surface area contributed by atoms with Gasteiger partial charge in [-0.1, -0.05) is 93.6 Å². The number of rotatable bonds is 12. The van der Waals surface area contributed by atoms with E-state index in [2.05, 4.69) is 13.2 Å². The number of amides is 3. The Balaban J connectivity index is 1.47. The minimum absolute atomic E-state index is 0.117. The third-order valence-electron chi connectivity index (χ3n) is 11.1. The summed E-state index contributed by atoms with van der Waals surface area (Å²) < 4.78 is 7.05. The van der Waals surface area contributed by atoms with Crippen LogP contribution >= 0.6 is 0 Å². The van der Waals surface area contributed by atoms with Gasteiger partial charge in [0.2, 0.25) is 11.8 Å². The van der Waals surface area contributed by atoms with Crippen LogP contribution in [0.1, 0.15) is 39.7 Å². The molecule has 3 aliphatic heterocycles. The number of fused-ring (bicyclic) bond motifs is 2. The molecule has 1 spiro atoms. The number of aliphatic hydroxyl groups excluding tert-OH is 1. The first-order valence-electron chi connectivity index (χ1n) is 17.0. The highest BCUT2D eigenvalue weighted by molar-refractivity contribution is 6.06. The molecule has 0 aromatic heterocycles.